The molecular weight excluding hydrogens is 295 g/mol. The minimum Gasteiger partial charge on any atom is -0.332 e. The van der Waals surface area contributed by atoms with E-state index in [4.69, 9.17) is 11.6 Å². The summed E-state index contributed by atoms with van der Waals surface area (Å²) in [5, 5.41) is 0. The predicted octanol–water partition coefficient (Wildman–Crippen LogP) is 1.05. The van der Waals surface area contributed by atoms with E-state index >= 15 is 0 Å². The maximum Gasteiger partial charge on any atom is 0.406 e. The number of sulfone groups is 1. The van der Waals surface area contributed by atoms with E-state index in [1.807, 2.05) is 0 Å². The SMILES string of the molecule is O=C(C1CCS(=O)(=O)C1)N(CCCl)CC(F)(F)F. The van der Waals surface area contributed by atoms with Gasteiger partial charge in [0.05, 0.1) is 17.4 Å². The zero-order chi connectivity index (χ0) is 14.0. The summed E-state index contributed by atoms with van der Waals surface area (Å²) in [5.41, 5.74) is 0. The Labute approximate surface area is 108 Å². The largest absolute Gasteiger partial charge is 0.406 e. The van der Waals surface area contributed by atoms with Crippen molar-refractivity contribution in [1.29, 1.82) is 0 Å². The van der Waals surface area contributed by atoms with Crippen LogP contribution in [0.3, 0.4) is 0 Å². The molecule has 0 spiro atoms. The summed E-state index contributed by atoms with van der Waals surface area (Å²) in [6.45, 7) is -1.63. The van der Waals surface area contributed by atoms with Gasteiger partial charge in [0, 0.05) is 12.4 Å². The zero-order valence-corrected chi connectivity index (χ0v) is 11.0. The normalized spacial score (nSPS) is 23.0. The van der Waals surface area contributed by atoms with E-state index in [2.05, 4.69) is 0 Å². The molecular formula is C9H13ClF3NO3S. The molecule has 0 N–H and O–H groups in total. The average molecular weight is 308 g/mol. The smallest absolute Gasteiger partial charge is 0.332 e. The molecule has 18 heavy (non-hydrogen) atoms. The molecule has 1 heterocycles. The molecule has 1 saturated heterocycles. The van der Waals surface area contributed by atoms with Gasteiger partial charge >= 0.3 is 6.18 Å². The van der Waals surface area contributed by atoms with E-state index in [1.54, 1.807) is 0 Å². The van der Waals surface area contributed by atoms with Crippen LogP contribution in [0.2, 0.25) is 0 Å². The summed E-state index contributed by atoms with van der Waals surface area (Å²) in [7, 11) is -3.29. The van der Waals surface area contributed by atoms with Crippen LogP contribution < -0.4 is 0 Å². The van der Waals surface area contributed by atoms with Crippen molar-refractivity contribution >= 4 is 27.3 Å². The Morgan fingerprint density at radius 3 is 2.39 bits per heavy atom. The Kier molecular flexibility index (Phi) is 4.88. The van der Waals surface area contributed by atoms with E-state index in [9.17, 15) is 26.4 Å². The fraction of sp³-hybridized carbons (Fsp3) is 0.889. The van der Waals surface area contributed by atoms with Crippen molar-refractivity contribution < 1.29 is 26.4 Å². The van der Waals surface area contributed by atoms with Crippen LogP contribution in [-0.4, -0.2) is 55.9 Å². The van der Waals surface area contributed by atoms with Crippen molar-refractivity contribution in [2.45, 2.75) is 12.6 Å². The van der Waals surface area contributed by atoms with Gasteiger partial charge in [-0.15, -0.1) is 11.6 Å². The minimum absolute atomic E-state index is 0.0812. The van der Waals surface area contributed by atoms with Crippen LogP contribution in [-0.2, 0) is 14.6 Å². The van der Waals surface area contributed by atoms with Gasteiger partial charge in [-0.3, -0.25) is 4.79 Å². The molecule has 9 heteroatoms. The number of halogens is 4. The molecule has 0 aliphatic carbocycles. The number of alkyl halides is 4. The molecule has 1 atom stereocenters. The lowest BCUT2D eigenvalue weighted by Crippen LogP contribution is -2.43. The molecule has 1 amide bonds. The second-order valence-corrected chi connectivity index (χ2v) is 6.77. The fourth-order valence-electron chi connectivity index (χ4n) is 1.83. The van der Waals surface area contributed by atoms with Crippen LogP contribution in [0.15, 0.2) is 0 Å². The van der Waals surface area contributed by atoms with Crippen LogP contribution in [0.5, 0.6) is 0 Å². The molecule has 1 aliphatic heterocycles. The Balaban J connectivity index is 2.71. The van der Waals surface area contributed by atoms with Crippen molar-refractivity contribution in [1.82, 2.24) is 4.90 Å². The highest BCUT2D eigenvalue weighted by atomic mass is 35.5. The summed E-state index contributed by atoms with van der Waals surface area (Å²) in [4.78, 5) is 12.4. The van der Waals surface area contributed by atoms with Gasteiger partial charge in [-0.25, -0.2) is 8.42 Å². The Morgan fingerprint density at radius 1 is 1.39 bits per heavy atom. The highest BCUT2D eigenvalue weighted by molar-refractivity contribution is 7.91. The lowest BCUT2D eigenvalue weighted by Gasteiger charge is -2.25. The van der Waals surface area contributed by atoms with E-state index in [0.29, 0.717) is 4.90 Å². The number of hydrogen-bond acceptors (Lipinski definition) is 3. The first-order chi connectivity index (χ1) is 8.14. The molecule has 106 valence electrons. The Hall–Kier alpha value is -0.500. The monoisotopic (exact) mass is 307 g/mol. The minimum atomic E-state index is -4.51. The number of nitrogens with zero attached hydrogens (tertiary/aromatic N) is 1. The summed E-state index contributed by atoms with van der Waals surface area (Å²) in [6.07, 6.45) is -4.43. The van der Waals surface area contributed by atoms with Gasteiger partial charge in [-0.1, -0.05) is 0 Å². The molecule has 0 aromatic rings. The standard InChI is InChI=1S/C9H13ClF3NO3S/c10-2-3-14(6-9(11,12)13)8(15)7-1-4-18(16,17)5-7/h7H,1-6H2. The summed E-state index contributed by atoms with van der Waals surface area (Å²) in [5.74, 6) is -2.30. The van der Waals surface area contributed by atoms with Crippen LogP contribution in [0, 0.1) is 5.92 Å². The lowest BCUT2D eigenvalue weighted by atomic mass is 10.1. The first kappa shape index (κ1) is 15.6. The average Bonchev–Trinajstić information content (AvgIpc) is 2.55. The molecule has 0 aromatic carbocycles. The third kappa shape index (κ3) is 4.64. The topological polar surface area (TPSA) is 54.5 Å². The summed E-state index contributed by atoms with van der Waals surface area (Å²) in [6, 6.07) is 0. The van der Waals surface area contributed by atoms with Gasteiger partial charge < -0.3 is 4.90 Å². The van der Waals surface area contributed by atoms with Crippen molar-refractivity contribution in [3.05, 3.63) is 0 Å². The molecule has 1 rings (SSSR count). The van der Waals surface area contributed by atoms with Crippen LogP contribution >= 0.6 is 11.6 Å². The van der Waals surface area contributed by atoms with Gasteiger partial charge in [-0.05, 0) is 6.42 Å². The van der Waals surface area contributed by atoms with Gasteiger partial charge in [0.1, 0.15) is 6.54 Å². The molecule has 1 unspecified atom stereocenters. The van der Waals surface area contributed by atoms with Crippen molar-refractivity contribution in [2.75, 3.05) is 30.5 Å². The third-order valence-corrected chi connectivity index (χ3v) is 4.55. The van der Waals surface area contributed by atoms with E-state index < -0.39 is 34.4 Å². The maximum absolute atomic E-state index is 12.3. The lowest BCUT2D eigenvalue weighted by molar-refractivity contribution is -0.162. The Bertz CT molecular complexity index is 410. The highest BCUT2D eigenvalue weighted by Gasteiger charge is 2.39. The van der Waals surface area contributed by atoms with Crippen molar-refractivity contribution in [3.8, 4) is 0 Å². The van der Waals surface area contributed by atoms with E-state index in [0.717, 1.165) is 0 Å². The van der Waals surface area contributed by atoms with Crippen LogP contribution in [0.25, 0.3) is 0 Å². The number of rotatable bonds is 4. The first-order valence-electron chi connectivity index (χ1n) is 5.26. The van der Waals surface area contributed by atoms with E-state index in [1.165, 1.54) is 0 Å². The van der Waals surface area contributed by atoms with Gasteiger partial charge in [0.15, 0.2) is 9.84 Å². The summed E-state index contributed by atoms with van der Waals surface area (Å²) < 4.78 is 59.2. The molecule has 0 aromatic heterocycles. The fourth-order valence-corrected chi connectivity index (χ4v) is 3.77. The van der Waals surface area contributed by atoms with Gasteiger partial charge in [0.25, 0.3) is 0 Å². The van der Waals surface area contributed by atoms with Crippen LogP contribution in [0.1, 0.15) is 6.42 Å². The zero-order valence-electron chi connectivity index (χ0n) is 9.41. The van der Waals surface area contributed by atoms with Gasteiger partial charge in [0.2, 0.25) is 5.91 Å². The Morgan fingerprint density at radius 2 is 2.00 bits per heavy atom. The second kappa shape index (κ2) is 5.64. The maximum atomic E-state index is 12.3. The predicted molar refractivity (Wildman–Crippen MR) is 60.1 cm³/mol. The quantitative estimate of drug-likeness (QED) is 0.730. The number of hydrogen-bond donors (Lipinski definition) is 0. The third-order valence-electron chi connectivity index (χ3n) is 2.62. The molecule has 0 radical (unpaired) electrons. The number of amides is 1. The van der Waals surface area contributed by atoms with Gasteiger partial charge in [-0.2, -0.15) is 13.2 Å². The molecule has 1 aliphatic rings. The van der Waals surface area contributed by atoms with Crippen molar-refractivity contribution in [2.24, 2.45) is 5.92 Å². The number of carbonyl (C=O) groups excluding carboxylic acids is 1. The first-order valence-corrected chi connectivity index (χ1v) is 7.62. The second-order valence-electron chi connectivity index (χ2n) is 4.16. The van der Waals surface area contributed by atoms with E-state index in [-0.39, 0.29) is 30.4 Å². The molecule has 4 nitrogen and oxygen atoms in total. The number of carbonyl (C=O) groups is 1. The molecule has 1 fully saturated rings. The van der Waals surface area contributed by atoms with Crippen molar-refractivity contribution in [3.63, 3.8) is 0 Å². The van der Waals surface area contributed by atoms with Crippen LogP contribution in [0.4, 0.5) is 13.2 Å². The molecule has 0 bridgehead atoms. The summed E-state index contributed by atoms with van der Waals surface area (Å²) >= 11 is 5.35. The highest BCUT2D eigenvalue weighted by Crippen LogP contribution is 2.23. The molecule has 0 saturated carbocycles.